The first-order chi connectivity index (χ1) is 11.7. The Balaban J connectivity index is 1.56. The van der Waals surface area contributed by atoms with Gasteiger partial charge in [0.1, 0.15) is 5.69 Å². The Hall–Kier alpha value is -2.80. The molecule has 7 nitrogen and oxygen atoms in total. The van der Waals surface area contributed by atoms with Crippen LogP contribution in [0.3, 0.4) is 0 Å². The number of benzene rings is 1. The van der Waals surface area contributed by atoms with Gasteiger partial charge in [0.15, 0.2) is 5.78 Å². The number of Topliss-reactive ketones (excluding diaryl/α,β-unsaturated/α-hetero) is 1. The summed E-state index contributed by atoms with van der Waals surface area (Å²) in [5.74, 6) is -0.567. The molecule has 1 aromatic heterocycles. The van der Waals surface area contributed by atoms with E-state index in [4.69, 9.17) is 4.74 Å². The van der Waals surface area contributed by atoms with E-state index in [2.05, 4.69) is 20.2 Å². The Morgan fingerprint density at radius 2 is 1.88 bits per heavy atom. The Labute approximate surface area is 139 Å². The fraction of sp³-hybridized carbons (Fsp3) is 0.294. The number of carbonyl (C=O) groups excluding carboxylic acids is 2. The summed E-state index contributed by atoms with van der Waals surface area (Å²) in [4.78, 5) is 34.0. The van der Waals surface area contributed by atoms with E-state index in [1.165, 1.54) is 18.6 Å². The molecule has 124 valence electrons. The highest BCUT2D eigenvalue weighted by atomic mass is 16.5. The lowest BCUT2D eigenvalue weighted by atomic mass is 10.1. The second-order valence-corrected chi connectivity index (χ2v) is 5.34. The van der Waals surface area contributed by atoms with Crippen molar-refractivity contribution in [3.8, 4) is 0 Å². The van der Waals surface area contributed by atoms with Crippen molar-refractivity contribution in [3.05, 3.63) is 54.1 Å². The summed E-state index contributed by atoms with van der Waals surface area (Å²) >= 11 is 0. The Morgan fingerprint density at radius 1 is 1.12 bits per heavy atom. The van der Waals surface area contributed by atoms with Gasteiger partial charge in [0.25, 0.3) is 5.91 Å². The van der Waals surface area contributed by atoms with Gasteiger partial charge in [-0.05, 0) is 24.3 Å². The number of rotatable bonds is 5. The second-order valence-electron chi connectivity index (χ2n) is 5.34. The van der Waals surface area contributed by atoms with Crippen LogP contribution in [0.2, 0.25) is 0 Å². The topological polar surface area (TPSA) is 84.4 Å². The van der Waals surface area contributed by atoms with Gasteiger partial charge in [0, 0.05) is 36.7 Å². The summed E-state index contributed by atoms with van der Waals surface area (Å²) in [7, 11) is 0. The van der Waals surface area contributed by atoms with E-state index >= 15 is 0 Å². The minimum Gasteiger partial charge on any atom is -0.378 e. The highest BCUT2D eigenvalue weighted by molar-refractivity contribution is 6.01. The van der Waals surface area contributed by atoms with Crippen LogP contribution in [0.25, 0.3) is 0 Å². The fourth-order valence-electron chi connectivity index (χ4n) is 2.45. The number of nitrogens with one attached hydrogen (secondary N) is 1. The molecule has 0 unspecified atom stereocenters. The first-order valence-corrected chi connectivity index (χ1v) is 7.74. The van der Waals surface area contributed by atoms with E-state index in [1.807, 2.05) is 12.1 Å². The van der Waals surface area contributed by atoms with Crippen molar-refractivity contribution in [2.24, 2.45) is 0 Å². The molecule has 24 heavy (non-hydrogen) atoms. The first kappa shape index (κ1) is 16.1. The number of carbonyl (C=O) groups is 2. The van der Waals surface area contributed by atoms with Crippen molar-refractivity contribution in [1.82, 2.24) is 15.3 Å². The van der Waals surface area contributed by atoms with Gasteiger partial charge < -0.3 is 15.0 Å². The molecule has 0 spiro atoms. The summed E-state index contributed by atoms with van der Waals surface area (Å²) in [5, 5.41) is 2.56. The predicted molar refractivity (Wildman–Crippen MR) is 88.2 cm³/mol. The maximum Gasteiger partial charge on any atom is 0.271 e. The third kappa shape index (κ3) is 3.94. The molecule has 1 aliphatic rings. The minimum absolute atomic E-state index is 0.0771. The molecule has 1 aromatic carbocycles. The third-order valence-corrected chi connectivity index (χ3v) is 3.77. The molecule has 2 aromatic rings. The maximum absolute atomic E-state index is 12.2. The van der Waals surface area contributed by atoms with Gasteiger partial charge in [-0.2, -0.15) is 0 Å². The van der Waals surface area contributed by atoms with Crippen LogP contribution >= 0.6 is 0 Å². The van der Waals surface area contributed by atoms with Gasteiger partial charge in [-0.15, -0.1) is 0 Å². The van der Waals surface area contributed by atoms with Crippen LogP contribution in [0, 0.1) is 0 Å². The quantitative estimate of drug-likeness (QED) is 0.823. The van der Waals surface area contributed by atoms with Crippen LogP contribution in [0.4, 0.5) is 5.69 Å². The molecular formula is C17H18N4O3. The molecule has 0 saturated carbocycles. The standard InChI is InChI=1S/C17H18N4O3/c22-16(12-20-17(23)15-11-18-5-6-19-15)13-1-3-14(4-2-13)21-7-9-24-10-8-21/h1-6,11H,7-10,12H2,(H,20,23). The lowest BCUT2D eigenvalue weighted by Gasteiger charge is -2.28. The molecule has 0 aliphatic carbocycles. The summed E-state index contributed by atoms with van der Waals surface area (Å²) < 4.78 is 5.33. The highest BCUT2D eigenvalue weighted by Gasteiger charge is 2.13. The first-order valence-electron chi connectivity index (χ1n) is 7.74. The van der Waals surface area contributed by atoms with Crippen LogP contribution in [-0.2, 0) is 4.74 Å². The zero-order valence-corrected chi connectivity index (χ0v) is 13.1. The average Bonchev–Trinajstić information content (AvgIpc) is 2.67. The van der Waals surface area contributed by atoms with Crippen LogP contribution in [0.15, 0.2) is 42.9 Å². The number of aromatic nitrogens is 2. The lowest BCUT2D eigenvalue weighted by molar-refractivity contribution is 0.0900. The van der Waals surface area contributed by atoms with Crippen molar-refractivity contribution in [1.29, 1.82) is 0 Å². The SMILES string of the molecule is O=C(CNC(=O)c1cnccn1)c1ccc(N2CCOCC2)cc1. The van der Waals surface area contributed by atoms with Gasteiger partial charge in [-0.1, -0.05) is 0 Å². The van der Waals surface area contributed by atoms with Crippen LogP contribution in [0.5, 0.6) is 0 Å². The minimum atomic E-state index is -0.415. The van der Waals surface area contributed by atoms with Crippen molar-refractivity contribution in [2.75, 3.05) is 37.7 Å². The summed E-state index contributed by atoms with van der Waals surface area (Å²) in [6.07, 6.45) is 4.27. The Bertz CT molecular complexity index is 698. The van der Waals surface area contributed by atoms with Crippen molar-refractivity contribution in [3.63, 3.8) is 0 Å². The van der Waals surface area contributed by atoms with Crippen LogP contribution in [0.1, 0.15) is 20.8 Å². The molecular weight excluding hydrogens is 308 g/mol. The van der Waals surface area contributed by atoms with Gasteiger partial charge in [0.05, 0.1) is 26.0 Å². The zero-order valence-electron chi connectivity index (χ0n) is 13.1. The number of morpholine rings is 1. The average molecular weight is 326 g/mol. The molecule has 3 rings (SSSR count). The zero-order chi connectivity index (χ0) is 16.8. The van der Waals surface area contributed by atoms with Gasteiger partial charge in [0.2, 0.25) is 0 Å². The van der Waals surface area contributed by atoms with Crippen LogP contribution in [-0.4, -0.2) is 54.5 Å². The molecule has 7 heteroatoms. The van der Waals surface area contributed by atoms with Crippen molar-refractivity contribution in [2.45, 2.75) is 0 Å². The number of nitrogens with zero attached hydrogens (tertiary/aromatic N) is 3. The van der Waals surface area contributed by atoms with Crippen molar-refractivity contribution >= 4 is 17.4 Å². The smallest absolute Gasteiger partial charge is 0.271 e. The van der Waals surface area contributed by atoms with Crippen molar-refractivity contribution < 1.29 is 14.3 Å². The molecule has 1 N–H and O–H groups in total. The Kier molecular flexibility index (Phi) is 5.12. The van der Waals surface area contributed by atoms with E-state index in [0.29, 0.717) is 5.56 Å². The third-order valence-electron chi connectivity index (χ3n) is 3.77. The lowest BCUT2D eigenvalue weighted by Crippen LogP contribution is -2.36. The molecule has 1 amide bonds. The summed E-state index contributed by atoms with van der Waals surface area (Å²) in [6.45, 7) is 3.05. The number of hydrogen-bond donors (Lipinski definition) is 1. The summed E-state index contributed by atoms with van der Waals surface area (Å²) in [6, 6.07) is 7.40. The molecule has 2 heterocycles. The van der Waals surface area contributed by atoms with E-state index in [-0.39, 0.29) is 18.0 Å². The molecule has 0 bridgehead atoms. The van der Waals surface area contributed by atoms with E-state index in [9.17, 15) is 9.59 Å². The molecule has 1 aliphatic heterocycles. The van der Waals surface area contributed by atoms with Crippen LogP contribution < -0.4 is 10.2 Å². The molecule has 1 fully saturated rings. The van der Waals surface area contributed by atoms with E-state index in [1.54, 1.807) is 12.1 Å². The van der Waals surface area contributed by atoms with Gasteiger partial charge in [-0.3, -0.25) is 14.6 Å². The maximum atomic E-state index is 12.2. The second kappa shape index (κ2) is 7.65. The normalized spacial score (nSPS) is 14.2. The highest BCUT2D eigenvalue weighted by Crippen LogP contribution is 2.16. The predicted octanol–water partition coefficient (Wildman–Crippen LogP) is 0.926. The largest absolute Gasteiger partial charge is 0.378 e. The summed E-state index contributed by atoms with van der Waals surface area (Å²) in [5.41, 5.74) is 1.82. The molecule has 1 saturated heterocycles. The van der Waals surface area contributed by atoms with Gasteiger partial charge >= 0.3 is 0 Å². The Morgan fingerprint density at radius 3 is 2.54 bits per heavy atom. The molecule has 0 atom stereocenters. The van der Waals surface area contributed by atoms with Gasteiger partial charge in [-0.25, -0.2) is 4.98 Å². The number of hydrogen-bond acceptors (Lipinski definition) is 6. The molecule has 0 radical (unpaired) electrons. The van der Waals surface area contributed by atoms with E-state index in [0.717, 1.165) is 32.0 Å². The number of ketones is 1. The van der Waals surface area contributed by atoms with E-state index < -0.39 is 5.91 Å². The fourth-order valence-corrected chi connectivity index (χ4v) is 2.45. The number of amides is 1. The number of ether oxygens (including phenoxy) is 1. The monoisotopic (exact) mass is 326 g/mol. The number of anilines is 1.